The number of benzene rings is 2. The predicted molar refractivity (Wildman–Crippen MR) is 112 cm³/mol. The fourth-order valence-electron chi connectivity index (χ4n) is 4.09. The molecule has 0 saturated heterocycles. The molecule has 4 rings (SSSR count). The summed E-state index contributed by atoms with van der Waals surface area (Å²) in [7, 11) is 1.78. The Balaban J connectivity index is 1.64. The van der Waals surface area contributed by atoms with Gasteiger partial charge in [-0.1, -0.05) is 54.6 Å². The summed E-state index contributed by atoms with van der Waals surface area (Å²) < 4.78 is 0. The molecule has 1 aromatic heterocycles. The molecule has 2 aromatic carbocycles. The first-order chi connectivity index (χ1) is 14.1. The number of amides is 2. The van der Waals surface area contributed by atoms with Gasteiger partial charge in [0.25, 0.3) is 0 Å². The van der Waals surface area contributed by atoms with E-state index in [9.17, 15) is 9.59 Å². The number of fused-ring (bicyclic) bond motifs is 1. The molecule has 2 amide bonds. The Labute approximate surface area is 170 Å². The highest BCUT2D eigenvalue weighted by atomic mass is 16.2. The molecule has 0 aliphatic carbocycles. The van der Waals surface area contributed by atoms with Crippen LogP contribution >= 0.6 is 0 Å². The first kappa shape index (κ1) is 18.9. The maximum atomic E-state index is 13.4. The fraction of sp³-hybridized carbons (Fsp3) is 0.208. The summed E-state index contributed by atoms with van der Waals surface area (Å²) in [5.74, 6) is -0.208. The second-order valence-corrected chi connectivity index (χ2v) is 7.40. The Hall–Kier alpha value is -3.47. The van der Waals surface area contributed by atoms with Gasteiger partial charge < -0.3 is 10.2 Å². The van der Waals surface area contributed by atoms with Crippen molar-refractivity contribution < 1.29 is 9.59 Å². The highest BCUT2D eigenvalue weighted by Gasteiger charge is 2.50. The minimum absolute atomic E-state index is 0.0458. The molecule has 0 unspecified atom stereocenters. The molecule has 1 aliphatic heterocycles. The van der Waals surface area contributed by atoms with Crippen molar-refractivity contribution >= 4 is 17.5 Å². The topological polar surface area (TPSA) is 62.3 Å². The number of carbonyl (C=O) groups excluding carboxylic acids is 2. The van der Waals surface area contributed by atoms with E-state index in [2.05, 4.69) is 10.3 Å². The minimum Gasteiger partial charge on any atom is -0.350 e. The Morgan fingerprint density at radius 2 is 1.72 bits per heavy atom. The van der Waals surface area contributed by atoms with Gasteiger partial charge in [-0.05, 0) is 35.7 Å². The van der Waals surface area contributed by atoms with Crippen LogP contribution in [0.2, 0.25) is 0 Å². The summed E-state index contributed by atoms with van der Waals surface area (Å²) in [5.41, 5.74) is 2.67. The van der Waals surface area contributed by atoms with Gasteiger partial charge in [0, 0.05) is 25.4 Å². The van der Waals surface area contributed by atoms with Gasteiger partial charge in [0.2, 0.25) is 11.8 Å². The van der Waals surface area contributed by atoms with Gasteiger partial charge in [0.1, 0.15) is 0 Å². The molecular formula is C24H23N3O2. The number of hydrogen-bond acceptors (Lipinski definition) is 3. The lowest BCUT2D eigenvalue weighted by Gasteiger charge is -2.28. The minimum atomic E-state index is -0.916. The van der Waals surface area contributed by atoms with Gasteiger partial charge in [0.05, 0.1) is 17.7 Å². The number of hydrogen-bond donors (Lipinski definition) is 1. The number of rotatable bonds is 6. The van der Waals surface area contributed by atoms with Gasteiger partial charge in [-0.2, -0.15) is 0 Å². The Morgan fingerprint density at radius 1 is 1.00 bits per heavy atom. The summed E-state index contributed by atoms with van der Waals surface area (Å²) in [5, 5.41) is 2.93. The standard InChI is InChI=1S/C24H23N3O2/c1-27-21-13-6-5-12-20(21)24(23(27)29,15-18-9-3-2-4-10-18)16-22(28)26-17-19-11-7-8-14-25-19/h2-14H,15-17H2,1H3,(H,26,28)/t24-/m0/s1. The monoisotopic (exact) mass is 385 g/mol. The van der Waals surface area contributed by atoms with Crippen molar-refractivity contribution in [2.75, 3.05) is 11.9 Å². The SMILES string of the molecule is CN1C(=O)[C@](CC(=O)NCc2ccccn2)(Cc2ccccc2)c2ccccc21. The molecule has 0 bridgehead atoms. The molecule has 3 aromatic rings. The van der Waals surface area contributed by atoms with Crippen LogP contribution in [0.5, 0.6) is 0 Å². The fourth-order valence-corrected chi connectivity index (χ4v) is 4.09. The lowest BCUT2D eigenvalue weighted by Crippen LogP contribution is -2.44. The predicted octanol–water partition coefficient (Wildman–Crippen LogP) is 3.25. The van der Waals surface area contributed by atoms with Crippen molar-refractivity contribution in [1.82, 2.24) is 10.3 Å². The maximum Gasteiger partial charge on any atom is 0.238 e. The van der Waals surface area contributed by atoms with E-state index in [0.29, 0.717) is 13.0 Å². The summed E-state index contributed by atoms with van der Waals surface area (Å²) in [6, 6.07) is 23.2. The third-order valence-electron chi connectivity index (χ3n) is 5.50. The lowest BCUT2D eigenvalue weighted by molar-refractivity contribution is -0.129. The number of carbonyl (C=O) groups is 2. The number of nitrogens with one attached hydrogen (secondary N) is 1. The van der Waals surface area contributed by atoms with Crippen LogP contribution in [-0.2, 0) is 28.0 Å². The van der Waals surface area contributed by atoms with Crippen molar-refractivity contribution in [2.45, 2.75) is 24.8 Å². The zero-order chi connectivity index (χ0) is 20.3. The summed E-state index contributed by atoms with van der Waals surface area (Å²) in [6.45, 7) is 0.340. The number of nitrogens with zero attached hydrogens (tertiary/aromatic N) is 2. The zero-order valence-electron chi connectivity index (χ0n) is 16.3. The first-order valence-electron chi connectivity index (χ1n) is 9.68. The van der Waals surface area contributed by atoms with Crippen LogP contribution in [0, 0.1) is 0 Å². The molecule has 0 saturated carbocycles. The van der Waals surface area contributed by atoms with Crippen LogP contribution in [0.4, 0.5) is 5.69 Å². The van der Waals surface area contributed by atoms with Crippen LogP contribution in [0.1, 0.15) is 23.2 Å². The molecule has 0 radical (unpaired) electrons. The van der Waals surface area contributed by atoms with Crippen LogP contribution < -0.4 is 10.2 Å². The molecule has 5 heteroatoms. The number of pyridine rings is 1. The third kappa shape index (κ3) is 3.63. The van der Waals surface area contributed by atoms with E-state index in [4.69, 9.17) is 0 Å². The molecule has 1 atom stereocenters. The summed E-state index contributed by atoms with van der Waals surface area (Å²) >= 11 is 0. The van der Waals surface area contributed by atoms with E-state index in [0.717, 1.165) is 22.5 Å². The van der Waals surface area contributed by atoms with E-state index in [1.165, 1.54) is 0 Å². The lowest BCUT2D eigenvalue weighted by atomic mass is 9.73. The Bertz CT molecular complexity index is 1020. The van der Waals surface area contributed by atoms with Crippen LogP contribution in [0.15, 0.2) is 79.0 Å². The smallest absolute Gasteiger partial charge is 0.238 e. The quantitative estimate of drug-likeness (QED) is 0.709. The largest absolute Gasteiger partial charge is 0.350 e. The van der Waals surface area contributed by atoms with Gasteiger partial charge in [-0.15, -0.1) is 0 Å². The van der Waals surface area contributed by atoms with Gasteiger partial charge in [-0.25, -0.2) is 0 Å². The second-order valence-electron chi connectivity index (χ2n) is 7.40. The maximum absolute atomic E-state index is 13.4. The average molecular weight is 385 g/mol. The van der Waals surface area contributed by atoms with E-state index < -0.39 is 5.41 Å². The van der Waals surface area contributed by atoms with E-state index in [-0.39, 0.29) is 18.2 Å². The van der Waals surface area contributed by atoms with Crippen molar-refractivity contribution in [3.8, 4) is 0 Å². The van der Waals surface area contributed by atoms with Crippen molar-refractivity contribution in [3.63, 3.8) is 0 Å². The van der Waals surface area contributed by atoms with Crippen LogP contribution in [0.25, 0.3) is 0 Å². The first-order valence-corrected chi connectivity index (χ1v) is 9.68. The second kappa shape index (κ2) is 7.87. The molecule has 2 heterocycles. The van der Waals surface area contributed by atoms with E-state index in [1.807, 2.05) is 72.8 Å². The number of anilines is 1. The molecule has 1 N–H and O–H groups in total. The number of likely N-dealkylation sites (N-methyl/N-ethyl adjacent to an activating group) is 1. The molecule has 146 valence electrons. The van der Waals surface area contributed by atoms with Crippen molar-refractivity contribution in [3.05, 3.63) is 95.8 Å². The highest BCUT2D eigenvalue weighted by Crippen LogP contribution is 2.45. The molecule has 0 fully saturated rings. The summed E-state index contributed by atoms with van der Waals surface area (Å²) in [4.78, 5) is 32.3. The summed E-state index contributed by atoms with van der Waals surface area (Å²) in [6.07, 6.45) is 2.27. The molecule has 0 spiro atoms. The molecule has 29 heavy (non-hydrogen) atoms. The number of aromatic nitrogens is 1. The van der Waals surface area contributed by atoms with Crippen molar-refractivity contribution in [2.24, 2.45) is 0 Å². The van der Waals surface area contributed by atoms with E-state index >= 15 is 0 Å². The average Bonchev–Trinajstić information content (AvgIpc) is 2.96. The molecule has 1 aliphatic rings. The Kier molecular flexibility index (Phi) is 5.12. The molecular weight excluding hydrogens is 362 g/mol. The Morgan fingerprint density at radius 3 is 2.48 bits per heavy atom. The van der Waals surface area contributed by atoms with Gasteiger partial charge in [-0.3, -0.25) is 14.6 Å². The van der Waals surface area contributed by atoms with E-state index in [1.54, 1.807) is 18.1 Å². The van der Waals surface area contributed by atoms with Crippen LogP contribution in [-0.4, -0.2) is 23.8 Å². The number of para-hydroxylation sites is 1. The normalized spacial score (nSPS) is 17.8. The van der Waals surface area contributed by atoms with Crippen LogP contribution in [0.3, 0.4) is 0 Å². The third-order valence-corrected chi connectivity index (χ3v) is 5.50. The van der Waals surface area contributed by atoms with Gasteiger partial charge in [0.15, 0.2) is 0 Å². The zero-order valence-corrected chi connectivity index (χ0v) is 16.3. The highest BCUT2D eigenvalue weighted by molar-refractivity contribution is 6.09. The molecule has 5 nitrogen and oxygen atoms in total. The van der Waals surface area contributed by atoms with Crippen molar-refractivity contribution in [1.29, 1.82) is 0 Å². The van der Waals surface area contributed by atoms with Gasteiger partial charge >= 0.3 is 0 Å².